The number of likely N-dealkylation sites (N-methyl/N-ethyl adjacent to an activating group) is 1. The third kappa shape index (κ3) is 2.76. The summed E-state index contributed by atoms with van der Waals surface area (Å²) in [7, 11) is 1.86. The summed E-state index contributed by atoms with van der Waals surface area (Å²) in [6.07, 6.45) is 1.73. The van der Waals surface area contributed by atoms with Crippen LogP contribution in [0.3, 0.4) is 0 Å². The predicted octanol–water partition coefficient (Wildman–Crippen LogP) is 0.967. The topological polar surface area (TPSA) is 62.1 Å². The molecule has 0 amide bonds. The molecule has 0 aliphatic heterocycles. The molecule has 1 N–H and O–H groups in total. The van der Waals surface area contributed by atoms with E-state index in [0.717, 1.165) is 17.2 Å². The molecule has 17 heavy (non-hydrogen) atoms. The first-order chi connectivity index (χ1) is 8.31. The SMILES string of the molecule is CN(CCO)c1ccc(-c2ccccn2)nn1. The van der Waals surface area contributed by atoms with Crippen molar-refractivity contribution in [2.24, 2.45) is 0 Å². The van der Waals surface area contributed by atoms with Crippen molar-refractivity contribution in [3.8, 4) is 11.4 Å². The molecule has 0 saturated heterocycles. The second-order valence-electron chi connectivity index (χ2n) is 3.64. The maximum atomic E-state index is 8.83. The summed E-state index contributed by atoms with van der Waals surface area (Å²) in [5, 5.41) is 17.0. The lowest BCUT2D eigenvalue weighted by molar-refractivity contribution is 0.303. The van der Waals surface area contributed by atoms with Crippen molar-refractivity contribution >= 4 is 5.82 Å². The molecule has 0 fully saturated rings. The van der Waals surface area contributed by atoms with Crippen molar-refractivity contribution in [1.82, 2.24) is 15.2 Å². The van der Waals surface area contributed by atoms with E-state index in [2.05, 4.69) is 15.2 Å². The molecule has 5 heteroatoms. The average Bonchev–Trinajstić information content (AvgIpc) is 2.40. The number of pyridine rings is 1. The number of nitrogens with zero attached hydrogens (tertiary/aromatic N) is 4. The molecular formula is C12H14N4O. The first kappa shape index (κ1) is 11.5. The summed E-state index contributed by atoms with van der Waals surface area (Å²) >= 11 is 0. The molecule has 0 aliphatic carbocycles. The lowest BCUT2D eigenvalue weighted by Gasteiger charge is -2.15. The molecule has 2 rings (SSSR count). The number of hydrogen-bond acceptors (Lipinski definition) is 5. The van der Waals surface area contributed by atoms with E-state index in [1.165, 1.54) is 0 Å². The van der Waals surface area contributed by atoms with Gasteiger partial charge in [0.05, 0.1) is 12.3 Å². The van der Waals surface area contributed by atoms with Crippen molar-refractivity contribution in [2.75, 3.05) is 25.1 Å². The van der Waals surface area contributed by atoms with Gasteiger partial charge >= 0.3 is 0 Å². The Kier molecular flexibility index (Phi) is 3.62. The van der Waals surface area contributed by atoms with E-state index >= 15 is 0 Å². The summed E-state index contributed by atoms with van der Waals surface area (Å²) in [5.74, 6) is 0.735. The van der Waals surface area contributed by atoms with Gasteiger partial charge in [-0.05, 0) is 24.3 Å². The van der Waals surface area contributed by atoms with Crippen LogP contribution in [0, 0.1) is 0 Å². The van der Waals surface area contributed by atoms with Gasteiger partial charge in [0.15, 0.2) is 5.82 Å². The monoisotopic (exact) mass is 230 g/mol. The van der Waals surface area contributed by atoms with E-state index in [0.29, 0.717) is 6.54 Å². The minimum atomic E-state index is 0.0974. The van der Waals surface area contributed by atoms with E-state index in [1.807, 2.05) is 42.3 Å². The zero-order chi connectivity index (χ0) is 12.1. The number of hydrogen-bond donors (Lipinski definition) is 1. The molecule has 0 atom stereocenters. The number of aliphatic hydroxyl groups excluding tert-OH is 1. The van der Waals surface area contributed by atoms with E-state index in [-0.39, 0.29) is 6.61 Å². The van der Waals surface area contributed by atoms with Crippen molar-refractivity contribution < 1.29 is 5.11 Å². The van der Waals surface area contributed by atoms with Gasteiger partial charge in [-0.3, -0.25) is 4.98 Å². The van der Waals surface area contributed by atoms with Crippen LogP contribution in [0.5, 0.6) is 0 Å². The Balaban J connectivity index is 2.19. The molecule has 88 valence electrons. The Morgan fingerprint density at radius 1 is 1.12 bits per heavy atom. The molecule has 0 aromatic carbocycles. The molecule has 2 heterocycles. The highest BCUT2D eigenvalue weighted by Gasteiger charge is 2.04. The Morgan fingerprint density at radius 3 is 2.59 bits per heavy atom. The Hall–Kier alpha value is -2.01. The Labute approximate surface area is 99.8 Å². The molecular weight excluding hydrogens is 216 g/mol. The second kappa shape index (κ2) is 5.36. The van der Waals surface area contributed by atoms with Crippen LogP contribution in [-0.2, 0) is 0 Å². The standard InChI is InChI=1S/C12H14N4O/c1-16(8-9-17)12-6-5-11(14-15-12)10-4-2-3-7-13-10/h2-7,17H,8-9H2,1H3. The van der Waals surface area contributed by atoms with Crippen molar-refractivity contribution in [3.05, 3.63) is 36.5 Å². The van der Waals surface area contributed by atoms with Crippen LogP contribution in [0.2, 0.25) is 0 Å². The summed E-state index contributed by atoms with van der Waals surface area (Å²) in [6.45, 7) is 0.637. The van der Waals surface area contributed by atoms with Gasteiger partial charge in [-0.1, -0.05) is 6.07 Å². The Bertz CT molecular complexity index is 458. The van der Waals surface area contributed by atoms with Gasteiger partial charge in [0.1, 0.15) is 5.69 Å². The van der Waals surface area contributed by atoms with Crippen LogP contribution >= 0.6 is 0 Å². The van der Waals surface area contributed by atoms with Crippen molar-refractivity contribution in [3.63, 3.8) is 0 Å². The molecule has 2 aromatic rings. The quantitative estimate of drug-likeness (QED) is 0.848. The number of rotatable bonds is 4. The minimum Gasteiger partial charge on any atom is -0.395 e. The molecule has 0 radical (unpaired) electrons. The van der Waals surface area contributed by atoms with Crippen LogP contribution in [0.25, 0.3) is 11.4 Å². The van der Waals surface area contributed by atoms with Crippen molar-refractivity contribution in [2.45, 2.75) is 0 Å². The second-order valence-corrected chi connectivity index (χ2v) is 3.64. The third-order valence-corrected chi connectivity index (χ3v) is 2.40. The van der Waals surface area contributed by atoms with Gasteiger partial charge in [0.2, 0.25) is 0 Å². The lowest BCUT2D eigenvalue weighted by Crippen LogP contribution is -2.22. The van der Waals surface area contributed by atoms with Gasteiger partial charge in [0.25, 0.3) is 0 Å². The van der Waals surface area contributed by atoms with Gasteiger partial charge in [-0.25, -0.2) is 0 Å². The van der Waals surface area contributed by atoms with E-state index in [9.17, 15) is 0 Å². The van der Waals surface area contributed by atoms with Crippen LogP contribution in [0.4, 0.5) is 5.82 Å². The maximum absolute atomic E-state index is 8.83. The molecule has 0 bridgehead atoms. The molecule has 0 unspecified atom stereocenters. The Morgan fingerprint density at radius 2 is 2.00 bits per heavy atom. The molecule has 2 aromatic heterocycles. The third-order valence-electron chi connectivity index (χ3n) is 2.40. The predicted molar refractivity (Wildman–Crippen MR) is 65.6 cm³/mol. The number of anilines is 1. The highest BCUT2D eigenvalue weighted by molar-refractivity contribution is 5.54. The fraction of sp³-hybridized carbons (Fsp3) is 0.250. The minimum absolute atomic E-state index is 0.0974. The normalized spacial score (nSPS) is 10.2. The smallest absolute Gasteiger partial charge is 0.151 e. The van der Waals surface area contributed by atoms with Crippen LogP contribution in [-0.4, -0.2) is 40.5 Å². The van der Waals surface area contributed by atoms with Gasteiger partial charge in [0, 0.05) is 19.8 Å². The first-order valence-corrected chi connectivity index (χ1v) is 5.38. The lowest BCUT2D eigenvalue weighted by atomic mass is 10.2. The van der Waals surface area contributed by atoms with Crippen LogP contribution < -0.4 is 4.90 Å². The van der Waals surface area contributed by atoms with E-state index in [4.69, 9.17) is 5.11 Å². The van der Waals surface area contributed by atoms with Gasteiger partial charge in [-0.2, -0.15) is 0 Å². The first-order valence-electron chi connectivity index (χ1n) is 5.38. The van der Waals surface area contributed by atoms with E-state index in [1.54, 1.807) is 6.20 Å². The molecule has 0 spiro atoms. The largest absolute Gasteiger partial charge is 0.395 e. The van der Waals surface area contributed by atoms with Crippen LogP contribution in [0.1, 0.15) is 0 Å². The summed E-state index contributed by atoms with van der Waals surface area (Å²) in [6, 6.07) is 9.41. The molecule has 5 nitrogen and oxygen atoms in total. The zero-order valence-electron chi connectivity index (χ0n) is 9.61. The highest BCUT2D eigenvalue weighted by Crippen LogP contribution is 2.14. The zero-order valence-corrected chi connectivity index (χ0v) is 9.61. The number of aliphatic hydroxyl groups is 1. The molecule has 0 saturated carbocycles. The van der Waals surface area contributed by atoms with Crippen LogP contribution in [0.15, 0.2) is 36.5 Å². The van der Waals surface area contributed by atoms with Gasteiger partial charge < -0.3 is 10.0 Å². The summed E-state index contributed by atoms with van der Waals surface area (Å²) in [4.78, 5) is 6.05. The number of aromatic nitrogens is 3. The highest BCUT2D eigenvalue weighted by atomic mass is 16.3. The van der Waals surface area contributed by atoms with Crippen molar-refractivity contribution in [1.29, 1.82) is 0 Å². The average molecular weight is 230 g/mol. The summed E-state index contributed by atoms with van der Waals surface area (Å²) in [5.41, 5.74) is 1.54. The fourth-order valence-electron chi connectivity index (χ4n) is 1.44. The summed E-state index contributed by atoms with van der Waals surface area (Å²) < 4.78 is 0. The van der Waals surface area contributed by atoms with E-state index < -0.39 is 0 Å². The van der Waals surface area contributed by atoms with Gasteiger partial charge in [-0.15, -0.1) is 10.2 Å². The molecule has 0 aliphatic rings. The fourth-order valence-corrected chi connectivity index (χ4v) is 1.44. The maximum Gasteiger partial charge on any atom is 0.151 e.